The number of hydrogen-bond acceptors (Lipinski definition) is 3. The lowest BCUT2D eigenvalue weighted by molar-refractivity contribution is 0.0753. The van der Waals surface area contributed by atoms with Gasteiger partial charge in [-0.25, -0.2) is 0 Å². The van der Waals surface area contributed by atoms with Crippen molar-refractivity contribution in [3.8, 4) is 0 Å². The Kier molecular flexibility index (Phi) is 5.63. The largest absolute Gasteiger partial charge is 0.337 e. The summed E-state index contributed by atoms with van der Waals surface area (Å²) in [4.78, 5) is 15.3. The first-order chi connectivity index (χ1) is 12.8. The summed E-state index contributed by atoms with van der Waals surface area (Å²) in [5, 5.41) is 8.66. The van der Waals surface area contributed by atoms with E-state index < -0.39 is 0 Å². The Morgan fingerprint density at radius 3 is 2.46 bits per heavy atom. The normalized spacial score (nSPS) is 24.5. The zero-order valence-corrected chi connectivity index (χ0v) is 16.3. The second kappa shape index (κ2) is 8.12. The Labute approximate surface area is 157 Å². The molecule has 5 heteroatoms. The number of likely N-dealkylation sites (tertiary alicyclic amines) is 1. The van der Waals surface area contributed by atoms with Crippen LogP contribution in [0.1, 0.15) is 86.5 Å². The van der Waals surface area contributed by atoms with Gasteiger partial charge in [-0.05, 0) is 51.9 Å². The van der Waals surface area contributed by atoms with Crippen LogP contribution in [0.5, 0.6) is 0 Å². The summed E-state index contributed by atoms with van der Waals surface area (Å²) in [6, 6.07) is 1.20. The summed E-state index contributed by atoms with van der Waals surface area (Å²) in [5.41, 5.74) is 3.31. The van der Waals surface area contributed by atoms with Crippen molar-refractivity contribution in [1.82, 2.24) is 20.0 Å². The first-order valence-corrected chi connectivity index (χ1v) is 10.9. The van der Waals surface area contributed by atoms with E-state index in [-0.39, 0.29) is 5.91 Å². The number of nitrogens with one attached hydrogen (secondary N) is 1. The standard InChI is InChI=1S/C21H34N4O/c1-2-25-19-12-11-17(22-16-9-5-6-10-16)15-18(19)20(23-25)21(26)24-13-7-3-4-8-14-24/h16-17,22H,2-15H2,1H3. The third-order valence-corrected chi connectivity index (χ3v) is 6.57. The number of hydrogen-bond donors (Lipinski definition) is 1. The van der Waals surface area contributed by atoms with Crippen molar-refractivity contribution in [3.05, 3.63) is 17.0 Å². The Morgan fingerprint density at radius 1 is 1.04 bits per heavy atom. The molecule has 4 rings (SSSR count). The number of rotatable bonds is 4. The highest BCUT2D eigenvalue weighted by Gasteiger charge is 2.32. The number of carbonyl (C=O) groups excluding carboxylic acids is 1. The molecule has 1 aliphatic heterocycles. The molecule has 3 aliphatic rings. The lowest BCUT2D eigenvalue weighted by atomic mass is 9.90. The molecule has 1 saturated carbocycles. The summed E-state index contributed by atoms with van der Waals surface area (Å²) in [7, 11) is 0. The van der Waals surface area contributed by atoms with Crippen molar-refractivity contribution in [2.45, 2.75) is 96.2 Å². The van der Waals surface area contributed by atoms with Gasteiger partial charge in [-0.1, -0.05) is 25.7 Å². The van der Waals surface area contributed by atoms with Gasteiger partial charge in [0.05, 0.1) is 0 Å². The molecule has 1 atom stereocenters. The van der Waals surface area contributed by atoms with Gasteiger partial charge in [0.15, 0.2) is 5.69 Å². The van der Waals surface area contributed by atoms with E-state index >= 15 is 0 Å². The van der Waals surface area contributed by atoms with Crippen LogP contribution in [0.25, 0.3) is 0 Å². The molecular formula is C21H34N4O. The van der Waals surface area contributed by atoms with Crippen LogP contribution in [0, 0.1) is 0 Å². The molecule has 1 N–H and O–H groups in total. The van der Waals surface area contributed by atoms with Crippen LogP contribution in [0.3, 0.4) is 0 Å². The molecule has 1 aromatic rings. The zero-order valence-electron chi connectivity index (χ0n) is 16.3. The fraction of sp³-hybridized carbons (Fsp3) is 0.810. The van der Waals surface area contributed by atoms with Crippen molar-refractivity contribution in [1.29, 1.82) is 0 Å². The van der Waals surface area contributed by atoms with Gasteiger partial charge in [-0.3, -0.25) is 9.48 Å². The highest BCUT2D eigenvalue weighted by Crippen LogP contribution is 2.28. The highest BCUT2D eigenvalue weighted by atomic mass is 16.2. The molecule has 2 heterocycles. The average Bonchev–Trinajstić information content (AvgIpc) is 3.20. The Balaban J connectivity index is 1.54. The predicted molar refractivity (Wildman–Crippen MR) is 103 cm³/mol. The summed E-state index contributed by atoms with van der Waals surface area (Å²) in [5.74, 6) is 0.178. The van der Waals surface area contributed by atoms with Gasteiger partial charge in [0.25, 0.3) is 5.91 Å². The van der Waals surface area contributed by atoms with Gasteiger partial charge in [-0.15, -0.1) is 0 Å². The van der Waals surface area contributed by atoms with Crippen LogP contribution in [-0.2, 0) is 19.4 Å². The van der Waals surface area contributed by atoms with Crippen molar-refractivity contribution in [2.75, 3.05) is 13.1 Å². The fourth-order valence-corrected chi connectivity index (χ4v) is 5.11. The number of amides is 1. The van der Waals surface area contributed by atoms with E-state index in [1.807, 2.05) is 0 Å². The van der Waals surface area contributed by atoms with Crippen LogP contribution >= 0.6 is 0 Å². The van der Waals surface area contributed by atoms with Crippen molar-refractivity contribution in [3.63, 3.8) is 0 Å². The molecule has 1 amide bonds. The maximum absolute atomic E-state index is 13.2. The Morgan fingerprint density at radius 2 is 1.77 bits per heavy atom. The topological polar surface area (TPSA) is 50.2 Å². The number of aryl methyl sites for hydroxylation is 1. The van der Waals surface area contributed by atoms with Gasteiger partial charge in [0.1, 0.15) is 0 Å². The highest BCUT2D eigenvalue weighted by molar-refractivity contribution is 5.94. The van der Waals surface area contributed by atoms with E-state index in [1.54, 1.807) is 0 Å². The molecule has 1 saturated heterocycles. The molecule has 0 bridgehead atoms. The zero-order chi connectivity index (χ0) is 17.9. The maximum Gasteiger partial charge on any atom is 0.274 e. The van der Waals surface area contributed by atoms with Crippen molar-refractivity contribution >= 4 is 5.91 Å². The van der Waals surface area contributed by atoms with E-state index in [0.717, 1.165) is 51.0 Å². The minimum Gasteiger partial charge on any atom is -0.337 e. The molecule has 5 nitrogen and oxygen atoms in total. The number of aromatic nitrogens is 2. The third-order valence-electron chi connectivity index (χ3n) is 6.57. The molecule has 0 aromatic carbocycles. The third kappa shape index (κ3) is 3.68. The van der Waals surface area contributed by atoms with Crippen LogP contribution < -0.4 is 5.32 Å². The number of carbonyl (C=O) groups is 1. The second-order valence-electron chi connectivity index (χ2n) is 8.38. The van der Waals surface area contributed by atoms with E-state index in [9.17, 15) is 4.79 Å². The predicted octanol–water partition coefficient (Wildman–Crippen LogP) is 3.31. The molecule has 26 heavy (non-hydrogen) atoms. The molecule has 0 radical (unpaired) electrons. The summed E-state index contributed by atoms with van der Waals surface area (Å²) < 4.78 is 2.09. The van der Waals surface area contributed by atoms with Gasteiger partial charge in [-0.2, -0.15) is 5.10 Å². The molecule has 1 aromatic heterocycles. The number of nitrogens with zero attached hydrogens (tertiary/aromatic N) is 3. The monoisotopic (exact) mass is 358 g/mol. The van der Waals surface area contributed by atoms with Gasteiger partial charge in [0, 0.05) is 43.0 Å². The van der Waals surface area contributed by atoms with Crippen LogP contribution in [0.4, 0.5) is 0 Å². The first-order valence-electron chi connectivity index (χ1n) is 10.9. The van der Waals surface area contributed by atoms with Crippen molar-refractivity contribution < 1.29 is 4.79 Å². The molecule has 144 valence electrons. The summed E-state index contributed by atoms with van der Waals surface area (Å²) in [6.45, 7) is 4.79. The summed E-state index contributed by atoms with van der Waals surface area (Å²) in [6.07, 6.45) is 13.3. The molecule has 1 unspecified atom stereocenters. The van der Waals surface area contributed by atoms with Crippen LogP contribution in [0.2, 0.25) is 0 Å². The fourth-order valence-electron chi connectivity index (χ4n) is 5.11. The maximum atomic E-state index is 13.2. The summed E-state index contributed by atoms with van der Waals surface area (Å²) >= 11 is 0. The van der Waals surface area contributed by atoms with Gasteiger partial charge < -0.3 is 10.2 Å². The SMILES string of the molecule is CCn1nc(C(=O)N2CCCCCC2)c2c1CCC(NC1CCCC1)C2. The Hall–Kier alpha value is -1.36. The molecule has 2 fully saturated rings. The smallest absolute Gasteiger partial charge is 0.274 e. The minimum atomic E-state index is 0.178. The van der Waals surface area contributed by atoms with Crippen LogP contribution in [0.15, 0.2) is 0 Å². The Bertz CT molecular complexity index is 624. The minimum absolute atomic E-state index is 0.178. The van der Waals surface area contributed by atoms with E-state index in [0.29, 0.717) is 12.1 Å². The molecule has 2 aliphatic carbocycles. The van der Waals surface area contributed by atoms with E-state index in [2.05, 4.69) is 21.8 Å². The van der Waals surface area contributed by atoms with Gasteiger partial charge >= 0.3 is 0 Å². The average molecular weight is 359 g/mol. The molecular weight excluding hydrogens is 324 g/mol. The van der Waals surface area contributed by atoms with Crippen molar-refractivity contribution in [2.24, 2.45) is 0 Å². The first kappa shape index (κ1) is 18.0. The van der Waals surface area contributed by atoms with Gasteiger partial charge in [0.2, 0.25) is 0 Å². The van der Waals surface area contributed by atoms with Crippen LogP contribution in [-0.4, -0.2) is 45.8 Å². The second-order valence-corrected chi connectivity index (χ2v) is 8.38. The molecule has 0 spiro atoms. The number of fused-ring (bicyclic) bond motifs is 1. The van der Waals surface area contributed by atoms with E-state index in [4.69, 9.17) is 5.10 Å². The van der Waals surface area contributed by atoms with E-state index in [1.165, 1.54) is 56.2 Å². The lowest BCUT2D eigenvalue weighted by Gasteiger charge is -2.28. The quantitative estimate of drug-likeness (QED) is 0.898. The lowest BCUT2D eigenvalue weighted by Crippen LogP contribution is -2.41.